The van der Waals surface area contributed by atoms with E-state index >= 15 is 0 Å². The van der Waals surface area contributed by atoms with E-state index in [0.29, 0.717) is 6.54 Å². The fourth-order valence-electron chi connectivity index (χ4n) is 2.26. The van der Waals surface area contributed by atoms with Gasteiger partial charge in [0, 0.05) is 19.5 Å². The summed E-state index contributed by atoms with van der Waals surface area (Å²) >= 11 is 0. The maximum absolute atomic E-state index is 12.8. The van der Waals surface area contributed by atoms with Crippen molar-refractivity contribution in [1.82, 2.24) is 4.90 Å². The molecular weight excluding hydrogens is 207 g/mol. The largest absolute Gasteiger partial charge is 0.334 e. The Morgan fingerprint density at radius 3 is 2.62 bits per heavy atom. The molecule has 0 aromatic heterocycles. The molecule has 1 aromatic rings. The smallest absolute Gasteiger partial charge is 0.220 e. The Bertz CT molecular complexity index is 391. The number of hydrogen-bond acceptors (Lipinski definition) is 2. The van der Waals surface area contributed by atoms with E-state index in [1.165, 1.54) is 19.1 Å². The molecule has 0 unspecified atom stereocenters. The van der Waals surface area contributed by atoms with Crippen LogP contribution in [0.25, 0.3) is 0 Å². The molecule has 1 fully saturated rings. The van der Waals surface area contributed by atoms with Crippen molar-refractivity contribution < 1.29 is 9.18 Å². The molecule has 86 valence electrons. The van der Waals surface area contributed by atoms with Crippen molar-refractivity contribution in [3.05, 3.63) is 35.6 Å². The standard InChI is InChI=1S/C12H15FN2O/c1-8(16)15-7-6-11(14)12(15)9-2-4-10(13)5-3-9/h2-5,11-12H,6-7,14H2,1H3/t11-,12-/m0/s1. The van der Waals surface area contributed by atoms with Gasteiger partial charge in [0.05, 0.1) is 6.04 Å². The van der Waals surface area contributed by atoms with Crippen LogP contribution in [-0.2, 0) is 4.79 Å². The zero-order chi connectivity index (χ0) is 11.7. The molecule has 4 heteroatoms. The summed E-state index contributed by atoms with van der Waals surface area (Å²) in [6, 6.07) is 6.02. The summed E-state index contributed by atoms with van der Waals surface area (Å²) in [6.45, 7) is 2.22. The molecule has 16 heavy (non-hydrogen) atoms. The van der Waals surface area contributed by atoms with Crippen LogP contribution in [0.4, 0.5) is 4.39 Å². The minimum absolute atomic E-state index is 0.0160. The second kappa shape index (κ2) is 4.22. The summed E-state index contributed by atoms with van der Waals surface area (Å²) in [6.07, 6.45) is 0.793. The molecule has 1 heterocycles. The van der Waals surface area contributed by atoms with Crippen molar-refractivity contribution in [1.29, 1.82) is 0 Å². The Balaban J connectivity index is 2.29. The van der Waals surface area contributed by atoms with Gasteiger partial charge in [-0.2, -0.15) is 0 Å². The van der Waals surface area contributed by atoms with E-state index < -0.39 is 0 Å². The molecule has 2 atom stereocenters. The highest BCUT2D eigenvalue weighted by atomic mass is 19.1. The summed E-state index contributed by atoms with van der Waals surface area (Å²) in [7, 11) is 0. The highest BCUT2D eigenvalue weighted by molar-refractivity contribution is 5.74. The molecule has 2 rings (SSSR count). The quantitative estimate of drug-likeness (QED) is 0.781. The minimum Gasteiger partial charge on any atom is -0.334 e. The lowest BCUT2D eigenvalue weighted by Gasteiger charge is -2.26. The molecule has 1 aliphatic rings. The van der Waals surface area contributed by atoms with Crippen LogP contribution in [-0.4, -0.2) is 23.4 Å². The lowest BCUT2D eigenvalue weighted by molar-refractivity contribution is -0.129. The Hall–Kier alpha value is -1.42. The zero-order valence-corrected chi connectivity index (χ0v) is 9.19. The van der Waals surface area contributed by atoms with Gasteiger partial charge in [0.15, 0.2) is 0 Å². The number of nitrogens with zero attached hydrogens (tertiary/aromatic N) is 1. The third-order valence-electron chi connectivity index (χ3n) is 3.06. The third kappa shape index (κ3) is 1.93. The molecule has 0 saturated carbocycles. The van der Waals surface area contributed by atoms with Crippen molar-refractivity contribution in [3.8, 4) is 0 Å². The number of likely N-dealkylation sites (tertiary alicyclic amines) is 1. The monoisotopic (exact) mass is 222 g/mol. The Morgan fingerprint density at radius 2 is 2.06 bits per heavy atom. The molecule has 1 saturated heterocycles. The summed E-state index contributed by atoms with van der Waals surface area (Å²) < 4.78 is 12.8. The first kappa shape index (κ1) is 11.1. The molecule has 1 aromatic carbocycles. The summed E-state index contributed by atoms with van der Waals surface area (Å²) in [4.78, 5) is 13.2. The van der Waals surface area contributed by atoms with E-state index in [4.69, 9.17) is 5.73 Å². The first-order valence-corrected chi connectivity index (χ1v) is 5.38. The van der Waals surface area contributed by atoms with E-state index in [2.05, 4.69) is 0 Å². The molecule has 0 spiro atoms. The number of hydrogen-bond donors (Lipinski definition) is 1. The van der Waals surface area contributed by atoms with E-state index in [1.807, 2.05) is 0 Å². The van der Waals surface area contributed by atoms with Crippen molar-refractivity contribution in [3.63, 3.8) is 0 Å². The first-order valence-electron chi connectivity index (χ1n) is 5.38. The lowest BCUT2D eigenvalue weighted by Crippen LogP contribution is -2.34. The third-order valence-corrected chi connectivity index (χ3v) is 3.06. The molecular formula is C12H15FN2O. The Morgan fingerprint density at radius 1 is 1.44 bits per heavy atom. The summed E-state index contributed by atoms with van der Waals surface area (Å²) in [5, 5.41) is 0. The van der Waals surface area contributed by atoms with Crippen LogP contribution >= 0.6 is 0 Å². The van der Waals surface area contributed by atoms with Gasteiger partial charge in [-0.15, -0.1) is 0 Å². The average molecular weight is 222 g/mol. The second-order valence-electron chi connectivity index (χ2n) is 4.16. The topological polar surface area (TPSA) is 46.3 Å². The van der Waals surface area contributed by atoms with Gasteiger partial charge < -0.3 is 10.6 Å². The van der Waals surface area contributed by atoms with Crippen LogP contribution < -0.4 is 5.73 Å². The van der Waals surface area contributed by atoms with Gasteiger partial charge in [0.25, 0.3) is 0 Å². The van der Waals surface area contributed by atoms with Crippen molar-refractivity contribution in [2.75, 3.05) is 6.54 Å². The molecule has 0 radical (unpaired) electrons. The van der Waals surface area contributed by atoms with Gasteiger partial charge in [-0.3, -0.25) is 4.79 Å². The fraction of sp³-hybridized carbons (Fsp3) is 0.417. The number of carbonyl (C=O) groups excluding carboxylic acids is 1. The highest BCUT2D eigenvalue weighted by Gasteiger charge is 2.34. The average Bonchev–Trinajstić information content (AvgIpc) is 2.62. The zero-order valence-electron chi connectivity index (χ0n) is 9.19. The molecule has 2 N–H and O–H groups in total. The number of halogens is 1. The normalized spacial score (nSPS) is 24.8. The van der Waals surface area contributed by atoms with E-state index in [9.17, 15) is 9.18 Å². The van der Waals surface area contributed by atoms with Gasteiger partial charge in [-0.05, 0) is 24.1 Å². The van der Waals surface area contributed by atoms with Crippen molar-refractivity contribution in [2.45, 2.75) is 25.4 Å². The predicted molar refractivity (Wildman–Crippen MR) is 59.1 cm³/mol. The number of rotatable bonds is 1. The minimum atomic E-state index is -0.273. The predicted octanol–water partition coefficient (Wildman–Crippen LogP) is 1.45. The van der Waals surface area contributed by atoms with Gasteiger partial charge in [-0.25, -0.2) is 4.39 Å². The first-order chi connectivity index (χ1) is 7.59. The SMILES string of the molecule is CC(=O)N1CC[C@H](N)[C@@H]1c1ccc(F)cc1. The maximum atomic E-state index is 12.8. The summed E-state index contributed by atoms with van der Waals surface area (Å²) in [5.41, 5.74) is 6.89. The van der Waals surface area contributed by atoms with Crippen LogP contribution in [0.1, 0.15) is 24.9 Å². The van der Waals surface area contributed by atoms with E-state index in [0.717, 1.165) is 12.0 Å². The van der Waals surface area contributed by atoms with Crippen LogP contribution in [0.3, 0.4) is 0 Å². The van der Waals surface area contributed by atoms with E-state index in [-0.39, 0.29) is 23.8 Å². The molecule has 1 aliphatic heterocycles. The van der Waals surface area contributed by atoms with Gasteiger partial charge >= 0.3 is 0 Å². The van der Waals surface area contributed by atoms with Crippen LogP contribution in [0, 0.1) is 5.82 Å². The number of benzene rings is 1. The van der Waals surface area contributed by atoms with Gasteiger partial charge in [0.2, 0.25) is 5.91 Å². The molecule has 0 bridgehead atoms. The molecule has 0 aliphatic carbocycles. The Labute approximate surface area is 94.0 Å². The number of carbonyl (C=O) groups is 1. The van der Waals surface area contributed by atoms with Crippen molar-refractivity contribution >= 4 is 5.91 Å². The van der Waals surface area contributed by atoms with E-state index in [1.54, 1.807) is 17.0 Å². The lowest BCUT2D eigenvalue weighted by atomic mass is 10.0. The Kier molecular flexibility index (Phi) is 2.92. The highest BCUT2D eigenvalue weighted by Crippen LogP contribution is 2.31. The summed E-state index contributed by atoms with van der Waals surface area (Å²) in [5.74, 6) is -0.257. The van der Waals surface area contributed by atoms with Crippen LogP contribution in [0.5, 0.6) is 0 Å². The fourth-order valence-corrected chi connectivity index (χ4v) is 2.26. The number of nitrogens with two attached hydrogens (primary N) is 1. The molecule has 1 amide bonds. The van der Waals surface area contributed by atoms with Gasteiger partial charge in [0.1, 0.15) is 5.82 Å². The number of amides is 1. The second-order valence-corrected chi connectivity index (χ2v) is 4.16. The van der Waals surface area contributed by atoms with Gasteiger partial charge in [-0.1, -0.05) is 12.1 Å². The maximum Gasteiger partial charge on any atom is 0.220 e. The van der Waals surface area contributed by atoms with Crippen LogP contribution in [0.15, 0.2) is 24.3 Å². The van der Waals surface area contributed by atoms with Crippen molar-refractivity contribution in [2.24, 2.45) is 5.73 Å². The van der Waals surface area contributed by atoms with Crippen LogP contribution in [0.2, 0.25) is 0 Å². The molecule has 3 nitrogen and oxygen atoms in total.